The normalized spacial score (nSPS) is 10.3. The SMILES string of the molecule is Cc1cc(Br)ccc1NCc1cccc(Cl)c1. The molecule has 2 aromatic carbocycles. The highest BCUT2D eigenvalue weighted by atomic mass is 79.9. The molecule has 88 valence electrons. The van der Waals surface area contributed by atoms with E-state index < -0.39 is 0 Å². The Morgan fingerprint density at radius 1 is 1.18 bits per heavy atom. The predicted octanol–water partition coefficient (Wildman–Crippen LogP) is 5.02. The molecule has 2 rings (SSSR count). The largest absolute Gasteiger partial charge is 0.381 e. The number of benzene rings is 2. The van der Waals surface area contributed by atoms with Crippen molar-refractivity contribution in [2.75, 3.05) is 5.32 Å². The molecule has 0 amide bonds. The van der Waals surface area contributed by atoms with Crippen molar-refractivity contribution >= 4 is 33.2 Å². The molecule has 0 radical (unpaired) electrons. The second-order valence-corrected chi connectivity index (χ2v) is 5.29. The van der Waals surface area contributed by atoms with E-state index in [1.807, 2.05) is 24.3 Å². The molecule has 17 heavy (non-hydrogen) atoms. The van der Waals surface area contributed by atoms with Crippen molar-refractivity contribution in [2.24, 2.45) is 0 Å². The van der Waals surface area contributed by atoms with Gasteiger partial charge in [-0.2, -0.15) is 0 Å². The van der Waals surface area contributed by atoms with Crippen LogP contribution in [0.15, 0.2) is 46.9 Å². The van der Waals surface area contributed by atoms with Crippen LogP contribution in [0.4, 0.5) is 5.69 Å². The number of rotatable bonds is 3. The first kappa shape index (κ1) is 12.5. The summed E-state index contributed by atoms with van der Waals surface area (Å²) in [7, 11) is 0. The lowest BCUT2D eigenvalue weighted by Crippen LogP contribution is -2.00. The summed E-state index contributed by atoms with van der Waals surface area (Å²) in [5, 5.41) is 4.18. The fourth-order valence-corrected chi connectivity index (χ4v) is 2.36. The van der Waals surface area contributed by atoms with Crippen LogP contribution < -0.4 is 5.32 Å². The molecule has 1 nitrogen and oxygen atoms in total. The molecule has 0 saturated carbocycles. The molecule has 0 bridgehead atoms. The minimum atomic E-state index is 0.775. The number of nitrogens with one attached hydrogen (secondary N) is 1. The van der Waals surface area contributed by atoms with E-state index in [0.29, 0.717) is 0 Å². The van der Waals surface area contributed by atoms with Crippen molar-refractivity contribution in [2.45, 2.75) is 13.5 Å². The van der Waals surface area contributed by atoms with Crippen LogP contribution >= 0.6 is 27.5 Å². The van der Waals surface area contributed by atoms with Crippen LogP contribution in [0.25, 0.3) is 0 Å². The second-order valence-electron chi connectivity index (χ2n) is 3.94. The van der Waals surface area contributed by atoms with E-state index in [1.54, 1.807) is 0 Å². The molecule has 3 heteroatoms. The standard InChI is InChI=1S/C14H13BrClN/c1-10-7-12(15)5-6-14(10)17-9-11-3-2-4-13(16)8-11/h2-8,17H,9H2,1H3. The fraction of sp³-hybridized carbons (Fsp3) is 0.143. The summed E-state index contributed by atoms with van der Waals surface area (Å²) < 4.78 is 1.10. The Bertz CT molecular complexity index is 525. The number of aryl methyl sites for hydroxylation is 1. The van der Waals surface area contributed by atoms with Crippen molar-refractivity contribution in [3.8, 4) is 0 Å². The second kappa shape index (κ2) is 5.56. The Morgan fingerprint density at radius 3 is 2.71 bits per heavy atom. The predicted molar refractivity (Wildman–Crippen MR) is 77.7 cm³/mol. The third-order valence-electron chi connectivity index (χ3n) is 2.56. The highest BCUT2D eigenvalue weighted by Gasteiger charge is 1.99. The number of hydrogen-bond donors (Lipinski definition) is 1. The summed E-state index contributed by atoms with van der Waals surface area (Å²) in [5.41, 5.74) is 3.55. The van der Waals surface area contributed by atoms with Gasteiger partial charge in [0.2, 0.25) is 0 Å². The first-order chi connectivity index (χ1) is 8.15. The van der Waals surface area contributed by atoms with E-state index in [0.717, 1.165) is 21.7 Å². The van der Waals surface area contributed by atoms with Crippen LogP contribution in [0.1, 0.15) is 11.1 Å². The lowest BCUT2D eigenvalue weighted by molar-refractivity contribution is 1.14. The van der Waals surface area contributed by atoms with Gasteiger partial charge < -0.3 is 5.32 Å². The van der Waals surface area contributed by atoms with Crippen LogP contribution in [0.5, 0.6) is 0 Å². The topological polar surface area (TPSA) is 12.0 Å². The summed E-state index contributed by atoms with van der Waals surface area (Å²) in [6, 6.07) is 14.1. The van der Waals surface area contributed by atoms with Crippen LogP contribution in [0.2, 0.25) is 5.02 Å². The lowest BCUT2D eigenvalue weighted by atomic mass is 10.2. The van der Waals surface area contributed by atoms with Crippen LogP contribution in [-0.4, -0.2) is 0 Å². The van der Waals surface area contributed by atoms with Gasteiger partial charge >= 0.3 is 0 Å². The molecule has 0 aliphatic heterocycles. The van der Waals surface area contributed by atoms with Gasteiger partial charge in [0.25, 0.3) is 0 Å². The minimum Gasteiger partial charge on any atom is -0.381 e. The molecule has 2 aromatic rings. The first-order valence-corrected chi connectivity index (χ1v) is 6.57. The molecular formula is C14H13BrClN. The third-order valence-corrected chi connectivity index (χ3v) is 3.29. The van der Waals surface area contributed by atoms with Gasteiger partial charge in [-0.3, -0.25) is 0 Å². The molecule has 0 aliphatic rings. The Kier molecular flexibility index (Phi) is 4.08. The van der Waals surface area contributed by atoms with Crippen molar-refractivity contribution < 1.29 is 0 Å². The van der Waals surface area contributed by atoms with Crippen LogP contribution in [0, 0.1) is 6.92 Å². The Labute approximate surface area is 115 Å². The Morgan fingerprint density at radius 2 is 2.00 bits per heavy atom. The first-order valence-electron chi connectivity index (χ1n) is 5.39. The monoisotopic (exact) mass is 309 g/mol. The van der Waals surface area contributed by atoms with Crippen molar-refractivity contribution in [3.05, 3.63) is 63.1 Å². The van der Waals surface area contributed by atoms with Gasteiger partial charge in [0.15, 0.2) is 0 Å². The van der Waals surface area contributed by atoms with E-state index in [2.05, 4.69) is 46.4 Å². The van der Waals surface area contributed by atoms with Gasteiger partial charge in [-0.15, -0.1) is 0 Å². The summed E-state index contributed by atoms with van der Waals surface area (Å²) in [6.45, 7) is 2.87. The van der Waals surface area contributed by atoms with Gasteiger partial charge in [-0.1, -0.05) is 39.7 Å². The summed E-state index contributed by atoms with van der Waals surface area (Å²) in [6.07, 6.45) is 0. The molecular weight excluding hydrogens is 298 g/mol. The number of halogens is 2. The molecule has 0 fully saturated rings. The van der Waals surface area contributed by atoms with Crippen LogP contribution in [-0.2, 0) is 6.54 Å². The van der Waals surface area contributed by atoms with Gasteiger partial charge in [0.05, 0.1) is 0 Å². The maximum Gasteiger partial charge on any atom is 0.0409 e. The maximum atomic E-state index is 5.94. The van der Waals surface area contributed by atoms with Crippen molar-refractivity contribution in [1.82, 2.24) is 0 Å². The highest BCUT2D eigenvalue weighted by molar-refractivity contribution is 9.10. The fourth-order valence-electron chi connectivity index (χ4n) is 1.67. The van der Waals surface area contributed by atoms with Gasteiger partial charge in [0, 0.05) is 21.7 Å². The number of anilines is 1. The highest BCUT2D eigenvalue weighted by Crippen LogP contribution is 2.21. The summed E-state index contributed by atoms with van der Waals surface area (Å²) in [5.74, 6) is 0. The van der Waals surface area contributed by atoms with E-state index >= 15 is 0 Å². The Hall–Kier alpha value is -0.990. The molecule has 0 unspecified atom stereocenters. The quantitative estimate of drug-likeness (QED) is 0.839. The lowest BCUT2D eigenvalue weighted by Gasteiger charge is -2.10. The molecule has 0 saturated heterocycles. The zero-order valence-corrected chi connectivity index (χ0v) is 11.8. The van der Waals surface area contributed by atoms with Gasteiger partial charge in [-0.05, 0) is 48.4 Å². The minimum absolute atomic E-state index is 0.775. The number of hydrogen-bond acceptors (Lipinski definition) is 1. The van der Waals surface area contributed by atoms with Gasteiger partial charge in [0.1, 0.15) is 0 Å². The molecule has 0 atom stereocenters. The van der Waals surface area contributed by atoms with E-state index in [-0.39, 0.29) is 0 Å². The maximum absolute atomic E-state index is 5.94. The molecule has 0 aromatic heterocycles. The van der Waals surface area contributed by atoms with E-state index in [9.17, 15) is 0 Å². The summed E-state index contributed by atoms with van der Waals surface area (Å²) >= 11 is 9.40. The van der Waals surface area contributed by atoms with Crippen molar-refractivity contribution in [1.29, 1.82) is 0 Å². The molecule has 1 N–H and O–H groups in total. The average molecular weight is 311 g/mol. The van der Waals surface area contributed by atoms with Gasteiger partial charge in [-0.25, -0.2) is 0 Å². The average Bonchev–Trinajstić information content (AvgIpc) is 2.28. The zero-order valence-electron chi connectivity index (χ0n) is 9.50. The molecule has 0 spiro atoms. The third kappa shape index (κ3) is 3.48. The van der Waals surface area contributed by atoms with E-state index in [4.69, 9.17) is 11.6 Å². The zero-order chi connectivity index (χ0) is 12.3. The Balaban J connectivity index is 2.07. The van der Waals surface area contributed by atoms with Crippen molar-refractivity contribution in [3.63, 3.8) is 0 Å². The van der Waals surface area contributed by atoms with E-state index in [1.165, 1.54) is 11.1 Å². The molecule has 0 heterocycles. The van der Waals surface area contributed by atoms with Crippen LogP contribution in [0.3, 0.4) is 0 Å². The molecule has 0 aliphatic carbocycles. The smallest absolute Gasteiger partial charge is 0.0409 e. The summed E-state index contributed by atoms with van der Waals surface area (Å²) in [4.78, 5) is 0.